The van der Waals surface area contributed by atoms with Crippen LogP contribution < -0.4 is 19.6 Å². The van der Waals surface area contributed by atoms with Crippen LogP contribution in [0.3, 0.4) is 0 Å². The number of aromatic nitrogens is 2. The zero-order valence-electron chi connectivity index (χ0n) is 17.4. The normalized spacial score (nSPS) is 10.5. The summed E-state index contributed by atoms with van der Waals surface area (Å²) in [7, 11) is 0. The van der Waals surface area contributed by atoms with Crippen molar-refractivity contribution in [3.8, 4) is 0 Å². The third kappa shape index (κ3) is 6.05. The van der Waals surface area contributed by atoms with Crippen LogP contribution in [0.15, 0.2) is 85.2 Å². The van der Waals surface area contributed by atoms with Gasteiger partial charge in [0.05, 0.1) is 0 Å². The summed E-state index contributed by atoms with van der Waals surface area (Å²) in [6.45, 7) is 0. The van der Waals surface area contributed by atoms with Gasteiger partial charge in [-0.1, -0.05) is 0 Å². The minimum absolute atomic E-state index is 0.0536. The van der Waals surface area contributed by atoms with Gasteiger partial charge in [-0.25, -0.2) is 0 Å². The van der Waals surface area contributed by atoms with E-state index in [1.165, 1.54) is 0 Å². The summed E-state index contributed by atoms with van der Waals surface area (Å²) < 4.78 is 1.89. The molecule has 2 aromatic carbocycles. The molecule has 0 bridgehead atoms. The number of nitrogens with one attached hydrogen (secondary N) is 2. The second-order valence-electron chi connectivity index (χ2n) is 6.75. The van der Waals surface area contributed by atoms with E-state index in [-0.39, 0.29) is 48.4 Å². The number of carbonyl (C=O) groups excluding carboxylic acids is 2. The van der Waals surface area contributed by atoms with Crippen molar-refractivity contribution < 1.29 is 9.59 Å². The SMILES string of the molecule is O=C(Nc1cccnc1Cl)c1ccccc1[Se][Se]c1ccccc1C(=O)Nc1cccnc1Cl. The Morgan fingerprint density at radius 3 is 1.44 bits per heavy atom. The van der Waals surface area contributed by atoms with Gasteiger partial charge in [-0.2, -0.15) is 0 Å². The Kier molecular flexibility index (Phi) is 8.35. The third-order valence-electron chi connectivity index (χ3n) is 4.50. The number of hydrogen-bond donors (Lipinski definition) is 2. The van der Waals surface area contributed by atoms with Crippen molar-refractivity contribution in [3.05, 3.63) is 107 Å². The first-order valence-corrected chi connectivity index (χ1v) is 16.7. The molecule has 2 amide bonds. The van der Waals surface area contributed by atoms with Gasteiger partial charge in [0.15, 0.2) is 0 Å². The molecule has 6 nitrogen and oxygen atoms in total. The molecule has 2 aromatic heterocycles. The summed E-state index contributed by atoms with van der Waals surface area (Å²) in [4.78, 5) is 33.9. The van der Waals surface area contributed by atoms with Crippen LogP contribution in [0.4, 0.5) is 11.4 Å². The Morgan fingerprint density at radius 1 is 0.618 bits per heavy atom. The molecule has 0 aliphatic heterocycles. The topological polar surface area (TPSA) is 84.0 Å². The summed E-state index contributed by atoms with van der Waals surface area (Å²) >= 11 is 12.1. The van der Waals surface area contributed by atoms with Gasteiger partial charge in [0.1, 0.15) is 0 Å². The molecule has 0 atom stereocenters. The molecule has 2 N–H and O–H groups in total. The standard InChI is InChI=1S/C24H16Cl2N4O2Se2/c25-21-17(9-5-13-27-21)29-23(31)15-7-1-3-11-19(15)33-34-20-12-4-2-8-16(20)24(32)30-18-10-6-14-28-22(18)26/h1-14H,(H,29,31)(H,30,32). The number of hydrogen-bond acceptors (Lipinski definition) is 4. The van der Waals surface area contributed by atoms with E-state index in [0.29, 0.717) is 22.5 Å². The van der Waals surface area contributed by atoms with E-state index < -0.39 is 0 Å². The first-order chi connectivity index (χ1) is 16.5. The number of halogens is 2. The van der Waals surface area contributed by atoms with E-state index in [0.717, 1.165) is 8.92 Å². The van der Waals surface area contributed by atoms with E-state index in [9.17, 15) is 9.59 Å². The molecular formula is C24H16Cl2N4O2Se2. The maximum atomic E-state index is 12.9. The Hall–Kier alpha value is -2.70. The average molecular weight is 621 g/mol. The molecule has 4 aromatic rings. The zero-order valence-corrected chi connectivity index (χ0v) is 22.3. The molecular weight excluding hydrogens is 605 g/mol. The van der Waals surface area contributed by atoms with Crippen LogP contribution in [0.25, 0.3) is 0 Å². The van der Waals surface area contributed by atoms with Crippen molar-refractivity contribution in [2.24, 2.45) is 0 Å². The molecule has 0 spiro atoms. The number of pyridine rings is 2. The van der Waals surface area contributed by atoms with E-state index in [4.69, 9.17) is 23.2 Å². The van der Waals surface area contributed by atoms with Crippen molar-refractivity contribution in [3.63, 3.8) is 0 Å². The number of benzene rings is 2. The number of anilines is 2. The Balaban J connectivity index is 1.51. The average Bonchev–Trinajstić information content (AvgIpc) is 2.86. The predicted molar refractivity (Wildman–Crippen MR) is 138 cm³/mol. The van der Waals surface area contributed by atoms with E-state index in [1.54, 1.807) is 48.8 Å². The Bertz CT molecular complexity index is 1250. The van der Waals surface area contributed by atoms with Crippen LogP contribution in [0.2, 0.25) is 10.3 Å². The monoisotopic (exact) mass is 622 g/mol. The molecule has 0 aliphatic carbocycles. The first kappa shape index (κ1) is 24.4. The van der Waals surface area contributed by atoms with Crippen LogP contribution in [0, 0.1) is 0 Å². The van der Waals surface area contributed by atoms with Crippen LogP contribution in [0.1, 0.15) is 20.7 Å². The van der Waals surface area contributed by atoms with Crippen molar-refractivity contribution in [1.82, 2.24) is 9.97 Å². The molecule has 4 rings (SSSR count). The molecule has 0 saturated heterocycles. The second-order valence-corrected chi connectivity index (χ2v) is 13.6. The summed E-state index contributed by atoms with van der Waals surface area (Å²) in [5, 5.41) is 6.12. The molecule has 0 saturated carbocycles. The Morgan fingerprint density at radius 2 is 1.03 bits per heavy atom. The quantitative estimate of drug-likeness (QED) is 0.245. The fraction of sp³-hybridized carbons (Fsp3) is 0. The molecule has 170 valence electrons. The van der Waals surface area contributed by atoms with Crippen LogP contribution in [-0.4, -0.2) is 48.0 Å². The predicted octanol–water partition coefficient (Wildman–Crippen LogP) is 3.56. The van der Waals surface area contributed by atoms with Crippen molar-refractivity contribution in [2.75, 3.05) is 10.6 Å². The van der Waals surface area contributed by atoms with Gasteiger partial charge >= 0.3 is 218 Å². The minimum atomic E-state index is -0.250. The molecule has 34 heavy (non-hydrogen) atoms. The van der Waals surface area contributed by atoms with Gasteiger partial charge in [-0.3, -0.25) is 0 Å². The summed E-state index contributed by atoms with van der Waals surface area (Å²) in [5.74, 6) is -0.499. The summed E-state index contributed by atoms with van der Waals surface area (Å²) in [6.07, 6.45) is 3.13. The number of carbonyl (C=O) groups is 2. The van der Waals surface area contributed by atoms with Gasteiger partial charge in [-0.05, 0) is 0 Å². The molecule has 0 fully saturated rings. The van der Waals surface area contributed by atoms with Crippen LogP contribution in [-0.2, 0) is 0 Å². The molecule has 0 radical (unpaired) electrons. The van der Waals surface area contributed by atoms with Crippen molar-refractivity contribution >= 4 is 81.6 Å². The molecule has 10 heteroatoms. The van der Waals surface area contributed by atoms with Crippen molar-refractivity contribution in [2.45, 2.75) is 0 Å². The third-order valence-corrected chi connectivity index (χ3v) is 12.3. The van der Waals surface area contributed by atoms with E-state index >= 15 is 0 Å². The van der Waals surface area contributed by atoms with Gasteiger partial charge in [0, 0.05) is 0 Å². The van der Waals surface area contributed by atoms with E-state index in [2.05, 4.69) is 20.6 Å². The fourth-order valence-corrected chi connectivity index (χ4v) is 10.3. The number of rotatable bonds is 7. The maximum absolute atomic E-state index is 12.9. The van der Waals surface area contributed by atoms with Gasteiger partial charge in [0.2, 0.25) is 0 Å². The summed E-state index contributed by atoms with van der Waals surface area (Å²) in [5.41, 5.74) is 2.07. The fourth-order valence-electron chi connectivity index (χ4n) is 2.88. The second kappa shape index (κ2) is 11.6. The van der Waals surface area contributed by atoms with E-state index in [1.807, 2.05) is 36.4 Å². The summed E-state index contributed by atoms with van der Waals surface area (Å²) in [6, 6.07) is 21.8. The zero-order chi connectivity index (χ0) is 23.9. The molecule has 0 unspecified atom stereocenters. The number of amides is 2. The molecule has 2 heterocycles. The van der Waals surface area contributed by atoms with Crippen molar-refractivity contribution in [1.29, 1.82) is 0 Å². The Labute approximate surface area is 217 Å². The van der Waals surface area contributed by atoms with Gasteiger partial charge < -0.3 is 0 Å². The van der Waals surface area contributed by atoms with Gasteiger partial charge in [-0.15, -0.1) is 0 Å². The first-order valence-electron chi connectivity index (χ1n) is 9.89. The molecule has 0 aliphatic rings. The van der Waals surface area contributed by atoms with Crippen LogP contribution in [0.5, 0.6) is 0 Å². The van der Waals surface area contributed by atoms with Crippen LogP contribution >= 0.6 is 23.2 Å². The number of nitrogens with zero attached hydrogens (tertiary/aromatic N) is 2. The van der Waals surface area contributed by atoms with Gasteiger partial charge in [0.25, 0.3) is 0 Å².